The molecule has 39 nitrogen and oxygen atoms in total. The van der Waals surface area contributed by atoms with Gasteiger partial charge in [0.05, 0.1) is 129 Å². The highest BCUT2D eigenvalue weighted by Crippen LogP contribution is 2.47. The number of nitrogens with one attached hydrogen (secondary N) is 1. The lowest BCUT2D eigenvalue weighted by Gasteiger charge is -2.42. The van der Waals surface area contributed by atoms with Crippen molar-refractivity contribution in [3.05, 3.63) is 0 Å². The molecule has 3 fully saturated rings. The summed E-state index contributed by atoms with van der Waals surface area (Å²) in [4.78, 5) is 54.4. The minimum atomic E-state index is -4.87. The Morgan fingerprint density at radius 3 is 1.13 bits per heavy atom. The first-order valence-corrected chi connectivity index (χ1v) is 45.0. The fraction of sp³-hybridized carbons (Fsp3) is 0.985. The molecule has 3 heterocycles. The number of hydrogen-bond acceptors (Lipinski definition) is 34. The Morgan fingerprint density at radius 2 is 0.730 bits per heavy atom. The molecule has 43 heteroatoms. The van der Waals surface area contributed by atoms with E-state index in [0.717, 1.165) is 6.42 Å². The number of rotatable bonds is 70. The molecule has 15 N–H and O–H groups in total. The van der Waals surface area contributed by atoms with Gasteiger partial charge in [-0.25, -0.2) is 13.7 Å². The Hall–Kier alpha value is -0.930. The first-order valence-electron chi connectivity index (χ1n) is 38.8. The quantitative estimate of drug-likeness (QED) is 0.0307. The van der Waals surface area contributed by atoms with Crippen molar-refractivity contribution in [3.63, 3.8) is 0 Å². The van der Waals surface area contributed by atoms with Crippen LogP contribution in [0.15, 0.2) is 0 Å². The van der Waals surface area contributed by atoms with Gasteiger partial charge in [0.15, 0.2) is 18.9 Å². The second-order valence-corrected chi connectivity index (χ2v) is 34.7. The van der Waals surface area contributed by atoms with Crippen molar-refractivity contribution in [1.29, 1.82) is 0 Å². The first kappa shape index (κ1) is 104. The molecule has 0 spiro atoms. The number of aliphatic hydroxyl groups is 10. The van der Waals surface area contributed by atoms with Gasteiger partial charge in [0.25, 0.3) is 0 Å². The highest BCUT2D eigenvalue weighted by molar-refractivity contribution is 7.52. The summed E-state index contributed by atoms with van der Waals surface area (Å²) < 4.78 is 158. The highest BCUT2D eigenvalue weighted by atomic mass is 31.2. The fourth-order valence-corrected chi connectivity index (χ4v) is 15.1. The van der Waals surface area contributed by atoms with Crippen molar-refractivity contribution in [1.82, 2.24) is 5.32 Å². The fourth-order valence-electron chi connectivity index (χ4n) is 11.5. The number of phosphoric ester groups is 3. The maximum atomic E-state index is 13.6. The molecule has 0 saturated carbocycles. The third-order valence-corrected chi connectivity index (χ3v) is 22.5. The normalized spacial score (nSPS) is 27.6. The Labute approximate surface area is 652 Å². The van der Waals surface area contributed by atoms with Gasteiger partial charge in [-0.05, 0) is 84.5 Å². The smallest absolute Gasteiger partial charge is 0.396 e. The molecule has 0 aliphatic carbocycles. The number of phosphoric acid groups is 3. The van der Waals surface area contributed by atoms with Gasteiger partial charge in [0.2, 0.25) is 5.91 Å². The van der Waals surface area contributed by atoms with E-state index in [1.165, 1.54) is 6.92 Å². The molecule has 1 amide bonds. The summed E-state index contributed by atoms with van der Waals surface area (Å²) in [6.07, 6.45) is -5.46. The lowest BCUT2D eigenvalue weighted by molar-refractivity contribution is -0.282. The molecule has 3 aliphatic heterocycles. The van der Waals surface area contributed by atoms with Crippen LogP contribution in [0.25, 0.3) is 0 Å². The molecule has 111 heavy (non-hydrogen) atoms. The van der Waals surface area contributed by atoms with Gasteiger partial charge in [-0.1, -0.05) is 58.8 Å². The van der Waals surface area contributed by atoms with Crippen LogP contribution in [-0.2, 0) is 112 Å². The van der Waals surface area contributed by atoms with E-state index in [-0.39, 0.29) is 163 Å². The summed E-state index contributed by atoms with van der Waals surface area (Å²) in [6, 6.07) is -1.10. The molecule has 660 valence electrons. The molecule has 0 bridgehead atoms. The van der Waals surface area contributed by atoms with Gasteiger partial charge in [-0.2, -0.15) is 0 Å². The van der Waals surface area contributed by atoms with E-state index in [1.54, 1.807) is 13.8 Å². The number of amides is 1. The van der Waals surface area contributed by atoms with Crippen LogP contribution in [0.1, 0.15) is 150 Å². The van der Waals surface area contributed by atoms with E-state index >= 15 is 0 Å². The van der Waals surface area contributed by atoms with Crippen molar-refractivity contribution in [2.24, 2.45) is 23.2 Å². The second-order valence-electron chi connectivity index (χ2n) is 28.4. The standard InChI is InChI=1S/C68H135NO38P4/c1-50(2)94-32-19-24-89-44-54(40-70)45-90-25-20-36-103-111(87,88)104-49-68(46-91-26-21-35-98-108(81,82)39-18-12-6-7-13-29-95-65-51(3)59(75)61(77)55(41-71)105-65,47-92-27-22-37-101-109(83,84)99-33-16-10-8-14-30-96-66-52(4)60(76)62(78)56(42-72)106-66)48-93-28-23-38-102-110(85,86)100-34-17-11-9-15-31-97-67-58(69-53(5)74)64(80)63(79)57(43-73)107-67/h50-52,54-67,70-73,75-80H,6-49H2,1-5H3,(H,69,74)(H,81,82)(H,83,84)(H,85,86)(H,87,88)/t51?,52?,54?,55?,56?,57?,58?,59-,60-,61+,62+,63+,64-,65-,66-,67-,68?/m1/s1. The first-order chi connectivity index (χ1) is 52.8. The van der Waals surface area contributed by atoms with Crippen LogP contribution in [0.5, 0.6) is 0 Å². The Morgan fingerprint density at radius 1 is 0.396 bits per heavy atom. The number of hydrogen-bond donors (Lipinski definition) is 15. The third kappa shape index (κ3) is 45.3. The van der Waals surface area contributed by atoms with Crippen LogP contribution in [0.2, 0.25) is 0 Å². The molecule has 0 aromatic heterocycles. The minimum absolute atomic E-state index is 0.0200. The molecule has 0 radical (unpaired) electrons. The lowest BCUT2D eigenvalue weighted by atomic mass is 9.92. The molecule has 0 aromatic carbocycles. The van der Waals surface area contributed by atoms with E-state index in [2.05, 4.69) is 5.32 Å². The topological polar surface area (TPSA) is 556 Å². The van der Waals surface area contributed by atoms with Gasteiger partial charge in [0, 0.05) is 90.3 Å². The zero-order valence-corrected chi connectivity index (χ0v) is 68.9. The molecule has 0 aromatic rings. The van der Waals surface area contributed by atoms with Crippen LogP contribution in [0, 0.1) is 23.2 Å². The van der Waals surface area contributed by atoms with E-state index in [9.17, 15) is 93.7 Å². The second kappa shape index (κ2) is 58.9. The molecule has 3 aliphatic rings. The Balaban J connectivity index is 1.61. The average molecular weight is 1700 g/mol. The number of aliphatic hydroxyl groups excluding tert-OH is 10. The minimum Gasteiger partial charge on any atom is -0.396 e. The summed E-state index contributed by atoms with van der Waals surface area (Å²) in [6.45, 7) is 5.43. The van der Waals surface area contributed by atoms with Gasteiger partial charge in [0.1, 0.15) is 48.8 Å². The number of ether oxygens (including phenoxy) is 12. The SMILES string of the molecule is CC(=O)NC1[C@H](OCCCCCCOP(=O)(O)OCCCOCC(COCCCOP(=O)(O)CCCCCCCO[C@@H]2OC(CO)[C@H](O)[C@H](O)C2C)(COCCCOP(=O)(O)OCCCCCCO[C@@H]2OC(CO)[C@H](O)[C@H](O)C2C)COP(=O)(O)OCCCOCC(CO)COCCCOC(C)C)OC(CO)[C@H](O)[C@@H]1O. The van der Waals surface area contributed by atoms with E-state index in [1.807, 2.05) is 13.8 Å². The summed E-state index contributed by atoms with van der Waals surface area (Å²) in [7, 11) is -18.0. The van der Waals surface area contributed by atoms with Crippen LogP contribution in [-0.4, -0.2) is 334 Å². The summed E-state index contributed by atoms with van der Waals surface area (Å²) >= 11 is 0. The van der Waals surface area contributed by atoms with Gasteiger partial charge in [-0.15, -0.1) is 0 Å². The molecular formula is C68H135NO38P4. The van der Waals surface area contributed by atoms with Crippen LogP contribution < -0.4 is 5.32 Å². The molecule has 12 unspecified atom stereocenters. The van der Waals surface area contributed by atoms with E-state index in [0.29, 0.717) is 103 Å². The predicted octanol–water partition coefficient (Wildman–Crippen LogP) is 2.86. The zero-order chi connectivity index (χ0) is 82.1. The summed E-state index contributed by atoms with van der Waals surface area (Å²) in [5.41, 5.74) is -1.46. The average Bonchev–Trinajstić information content (AvgIpc) is 0.840. The van der Waals surface area contributed by atoms with Gasteiger partial charge < -0.3 is 137 Å². The maximum Gasteiger partial charge on any atom is 0.472 e. The van der Waals surface area contributed by atoms with Crippen molar-refractivity contribution >= 4 is 37.0 Å². The van der Waals surface area contributed by atoms with E-state index in [4.69, 9.17) is 88.5 Å². The van der Waals surface area contributed by atoms with Crippen molar-refractivity contribution in [2.75, 3.05) is 171 Å². The van der Waals surface area contributed by atoms with Crippen LogP contribution in [0.3, 0.4) is 0 Å². The summed E-state index contributed by atoms with van der Waals surface area (Å²) in [5.74, 6) is -1.90. The lowest BCUT2D eigenvalue weighted by Crippen LogP contribution is -2.64. The Bertz CT molecular complexity index is 2480. The van der Waals surface area contributed by atoms with E-state index < -0.39 is 160 Å². The zero-order valence-electron chi connectivity index (χ0n) is 65.3. The number of unbranched alkanes of at least 4 members (excludes halogenated alkanes) is 10. The monoisotopic (exact) mass is 1700 g/mol. The van der Waals surface area contributed by atoms with Crippen LogP contribution >= 0.6 is 31.1 Å². The maximum absolute atomic E-state index is 13.6. The van der Waals surface area contributed by atoms with Crippen LogP contribution in [0.4, 0.5) is 0 Å². The molecular weight excluding hydrogens is 1560 g/mol. The van der Waals surface area contributed by atoms with Gasteiger partial charge >= 0.3 is 31.1 Å². The molecule has 3 rings (SSSR count). The Kier molecular flexibility index (Phi) is 55.3. The molecule has 21 atom stereocenters. The largest absolute Gasteiger partial charge is 0.472 e. The van der Waals surface area contributed by atoms with Crippen molar-refractivity contribution in [3.8, 4) is 0 Å². The predicted molar refractivity (Wildman–Crippen MR) is 394 cm³/mol. The van der Waals surface area contributed by atoms with Crippen molar-refractivity contribution < 1.29 is 182 Å². The highest BCUT2D eigenvalue weighted by Gasteiger charge is 2.47. The number of carbonyl (C=O) groups excluding carboxylic acids is 1. The summed E-state index contributed by atoms with van der Waals surface area (Å²) in [5, 5.41) is 103. The van der Waals surface area contributed by atoms with Crippen molar-refractivity contribution in [2.45, 2.75) is 236 Å². The third-order valence-electron chi connectivity index (χ3n) is 18.0. The molecule has 3 saturated heterocycles. The van der Waals surface area contributed by atoms with Gasteiger partial charge in [-0.3, -0.25) is 36.5 Å². The number of carbonyl (C=O) groups is 1.